The summed E-state index contributed by atoms with van der Waals surface area (Å²) in [7, 11) is 1.87. The molecule has 2 fully saturated rings. The number of para-hydroxylation sites is 1. The fourth-order valence-electron chi connectivity index (χ4n) is 4.04. The zero-order valence-corrected chi connectivity index (χ0v) is 14.0. The van der Waals surface area contributed by atoms with E-state index in [0.29, 0.717) is 18.5 Å². The van der Waals surface area contributed by atoms with Crippen molar-refractivity contribution in [1.29, 1.82) is 0 Å². The van der Waals surface area contributed by atoms with E-state index in [1.165, 1.54) is 12.8 Å². The number of likely N-dealkylation sites (N-methyl/N-ethyl adjacent to an activating group) is 1. The summed E-state index contributed by atoms with van der Waals surface area (Å²) in [5.41, 5.74) is 8.45. The molecule has 0 radical (unpaired) electrons. The molecule has 5 nitrogen and oxygen atoms in total. The van der Waals surface area contributed by atoms with Crippen LogP contribution in [0.5, 0.6) is 0 Å². The summed E-state index contributed by atoms with van der Waals surface area (Å²) in [5.74, 6) is 0.574. The SMILES string of the molecule is CN(Cc1ccc2ccccc2n1)C(=O)C1NNC2CCCCC21. The van der Waals surface area contributed by atoms with Gasteiger partial charge in [-0.3, -0.25) is 15.2 Å². The normalized spacial score (nSPS) is 26.3. The smallest absolute Gasteiger partial charge is 0.241 e. The monoisotopic (exact) mass is 324 g/mol. The number of pyridine rings is 1. The second kappa shape index (κ2) is 6.49. The molecule has 3 unspecified atom stereocenters. The van der Waals surface area contributed by atoms with Gasteiger partial charge < -0.3 is 4.90 Å². The molecule has 1 saturated carbocycles. The van der Waals surface area contributed by atoms with Crippen LogP contribution in [0, 0.1) is 5.92 Å². The van der Waals surface area contributed by atoms with Gasteiger partial charge >= 0.3 is 0 Å². The highest BCUT2D eigenvalue weighted by atomic mass is 16.2. The van der Waals surface area contributed by atoms with Crippen molar-refractivity contribution in [3.63, 3.8) is 0 Å². The Morgan fingerprint density at radius 2 is 2.00 bits per heavy atom. The van der Waals surface area contributed by atoms with Gasteiger partial charge in [0.15, 0.2) is 0 Å². The molecule has 1 aliphatic carbocycles. The second-order valence-corrected chi connectivity index (χ2v) is 7.01. The van der Waals surface area contributed by atoms with E-state index in [0.717, 1.165) is 29.4 Å². The maximum atomic E-state index is 12.9. The average molecular weight is 324 g/mol. The van der Waals surface area contributed by atoms with Crippen molar-refractivity contribution in [3.05, 3.63) is 42.1 Å². The number of amides is 1. The molecule has 3 atom stereocenters. The fourth-order valence-corrected chi connectivity index (χ4v) is 4.04. The van der Waals surface area contributed by atoms with Crippen LogP contribution in [0.2, 0.25) is 0 Å². The van der Waals surface area contributed by atoms with E-state index >= 15 is 0 Å². The lowest BCUT2D eigenvalue weighted by atomic mass is 9.81. The summed E-state index contributed by atoms with van der Waals surface area (Å²) in [6.45, 7) is 0.541. The maximum Gasteiger partial charge on any atom is 0.241 e. The van der Waals surface area contributed by atoms with Gasteiger partial charge in [0.1, 0.15) is 6.04 Å². The van der Waals surface area contributed by atoms with Crippen molar-refractivity contribution >= 4 is 16.8 Å². The molecule has 1 aliphatic heterocycles. The molecule has 2 N–H and O–H groups in total. The molecule has 5 heteroatoms. The van der Waals surface area contributed by atoms with Crippen molar-refractivity contribution in [2.24, 2.45) is 5.92 Å². The van der Waals surface area contributed by atoms with Crippen LogP contribution in [0.4, 0.5) is 0 Å². The van der Waals surface area contributed by atoms with Crippen molar-refractivity contribution in [2.45, 2.75) is 44.3 Å². The minimum atomic E-state index is -0.110. The Morgan fingerprint density at radius 1 is 1.17 bits per heavy atom. The summed E-state index contributed by atoms with van der Waals surface area (Å²) in [6, 6.07) is 12.5. The van der Waals surface area contributed by atoms with Crippen LogP contribution < -0.4 is 10.9 Å². The summed E-state index contributed by atoms with van der Waals surface area (Å²) in [5, 5.41) is 1.13. The van der Waals surface area contributed by atoms with Crippen molar-refractivity contribution in [1.82, 2.24) is 20.7 Å². The molecule has 1 aromatic carbocycles. The van der Waals surface area contributed by atoms with Gasteiger partial charge in [0.05, 0.1) is 17.8 Å². The number of nitrogens with zero attached hydrogens (tertiary/aromatic N) is 2. The molecule has 0 spiro atoms. The Kier molecular flexibility index (Phi) is 4.21. The summed E-state index contributed by atoms with van der Waals surface area (Å²) in [4.78, 5) is 19.3. The van der Waals surface area contributed by atoms with Crippen LogP contribution in [0.15, 0.2) is 36.4 Å². The number of nitrogens with one attached hydrogen (secondary N) is 2. The number of hydrogen-bond donors (Lipinski definition) is 2. The van der Waals surface area contributed by atoms with Crippen LogP contribution in [0.3, 0.4) is 0 Å². The topological polar surface area (TPSA) is 57.3 Å². The molecular weight excluding hydrogens is 300 g/mol. The van der Waals surface area contributed by atoms with Gasteiger partial charge in [-0.05, 0) is 25.0 Å². The largest absolute Gasteiger partial charge is 0.338 e. The van der Waals surface area contributed by atoms with Crippen LogP contribution in [0.25, 0.3) is 10.9 Å². The number of fused-ring (bicyclic) bond motifs is 2. The first-order valence-electron chi connectivity index (χ1n) is 8.83. The Morgan fingerprint density at radius 3 is 2.92 bits per heavy atom. The predicted octanol–water partition coefficient (Wildman–Crippen LogP) is 2.23. The third-order valence-corrected chi connectivity index (χ3v) is 5.37. The lowest BCUT2D eigenvalue weighted by Crippen LogP contribution is -2.46. The number of aromatic nitrogens is 1. The van der Waals surface area contributed by atoms with Crippen LogP contribution in [-0.2, 0) is 11.3 Å². The highest BCUT2D eigenvalue weighted by molar-refractivity contribution is 5.82. The number of hydrazine groups is 1. The van der Waals surface area contributed by atoms with Crippen molar-refractivity contribution in [3.8, 4) is 0 Å². The first kappa shape index (κ1) is 15.5. The summed E-state index contributed by atoms with van der Waals surface area (Å²) < 4.78 is 0. The lowest BCUT2D eigenvalue weighted by Gasteiger charge is -2.28. The van der Waals surface area contributed by atoms with E-state index in [1.807, 2.05) is 31.3 Å². The predicted molar refractivity (Wildman–Crippen MR) is 94.0 cm³/mol. The number of carbonyl (C=O) groups is 1. The number of rotatable bonds is 3. The molecule has 24 heavy (non-hydrogen) atoms. The minimum absolute atomic E-state index is 0.110. The summed E-state index contributed by atoms with van der Waals surface area (Å²) in [6.07, 6.45) is 4.78. The highest BCUT2D eigenvalue weighted by Gasteiger charge is 2.41. The zero-order chi connectivity index (χ0) is 16.5. The third-order valence-electron chi connectivity index (χ3n) is 5.37. The van der Waals surface area contributed by atoms with Crippen LogP contribution in [0.1, 0.15) is 31.4 Å². The molecule has 126 valence electrons. The van der Waals surface area contributed by atoms with Gasteiger partial charge in [-0.1, -0.05) is 37.1 Å². The Balaban J connectivity index is 1.46. The minimum Gasteiger partial charge on any atom is -0.338 e. The third kappa shape index (κ3) is 2.89. The standard InChI is InChI=1S/C19H24N4O/c1-23(12-14-11-10-13-6-2-4-8-16(13)20-14)19(24)18-15-7-3-5-9-17(15)21-22-18/h2,4,6,8,10-11,15,17-18,21-22H,3,5,7,9,12H2,1H3. The van der Waals surface area contributed by atoms with E-state index in [1.54, 1.807) is 4.90 Å². The fraction of sp³-hybridized carbons (Fsp3) is 0.474. The number of hydrogen-bond acceptors (Lipinski definition) is 4. The molecular formula is C19H24N4O. The van der Waals surface area contributed by atoms with Crippen molar-refractivity contribution in [2.75, 3.05) is 7.05 Å². The molecule has 1 amide bonds. The molecule has 1 saturated heterocycles. The van der Waals surface area contributed by atoms with E-state index in [2.05, 4.69) is 28.0 Å². The van der Waals surface area contributed by atoms with Gasteiger partial charge in [0, 0.05) is 24.4 Å². The molecule has 0 bridgehead atoms. The van der Waals surface area contributed by atoms with E-state index in [-0.39, 0.29) is 11.9 Å². The summed E-state index contributed by atoms with van der Waals surface area (Å²) >= 11 is 0. The highest BCUT2D eigenvalue weighted by Crippen LogP contribution is 2.30. The lowest BCUT2D eigenvalue weighted by molar-refractivity contribution is -0.133. The molecule has 2 aromatic rings. The Labute approximate surface area is 142 Å². The van der Waals surface area contributed by atoms with Crippen LogP contribution >= 0.6 is 0 Å². The second-order valence-electron chi connectivity index (χ2n) is 7.01. The Bertz CT molecular complexity index is 747. The average Bonchev–Trinajstić information content (AvgIpc) is 3.05. The molecule has 2 heterocycles. The van der Waals surface area contributed by atoms with E-state index < -0.39 is 0 Å². The molecule has 1 aromatic heterocycles. The van der Waals surface area contributed by atoms with Crippen LogP contribution in [-0.4, -0.2) is 34.9 Å². The number of carbonyl (C=O) groups excluding carboxylic acids is 1. The van der Waals surface area contributed by atoms with Gasteiger partial charge in [0.25, 0.3) is 0 Å². The number of benzene rings is 1. The van der Waals surface area contributed by atoms with Crippen molar-refractivity contribution < 1.29 is 4.79 Å². The zero-order valence-electron chi connectivity index (χ0n) is 14.0. The maximum absolute atomic E-state index is 12.9. The first-order valence-corrected chi connectivity index (χ1v) is 8.83. The van der Waals surface area contributed by atoms with E-state index in [9.17, 15) is 4.79 Å². The van der Waals surface area contributed by atoms with Gasteiger partial charge in [0.2, 0.25) is 5.91 Å². The van der Waals surface area contributed by atoms with Gasteiger partial charge in [-0.25, -0.2) is 5.43 Å². The quantitative estimate of drug-likeness (QED) is 0.909. The molecule has 4 rings (SSSR count). The van der Waals surface area contributed by atoms with Gasteiger partial charge in [-0.2, -0.15) is 0 Å². The molecule has 2 aliphatic rings. The Hall–Kier alpha value is -1.98. The first-order chi connectivity index (χ1) is 11.7. The van der Waals surface area contributed by atoms with E-state index in [4.69, 9.17) is 0 Å². The van der Waals surface area contributed by atoms with Gasteiger partial charge in [-0.15, -0.1) is 0 Å².